The van der Waals surface area contributed by atoms with Gasteiger partial charge in [-0.25, -0.2) is 0 Å². The van der Waals surface area contributed by atoms with Gasteiger partial charge in [-0.15, -0.1) is 0 Å². The average Bonchev–Trinajstić information content (AvgIpc) is 2.76. The van der Waals surface area contributed by atoms with Crippen LogP contribution in [0.4, 0.5) is 0 Å². The fourth-order valence-corrected chi connectivity index (χ4v) is 4.13. The minimum absolute atomic E-state index is 0.0545. The Kier molecular flexibility index (Phi) is 4.44. The lowest BCUT2D eigenvalue weighted by atomic mass is 10.0. The lowest BCUT2D eigenvalue weighted by molar-refractivity contribution is -0.142. The molecule has 8 heteroatoms. The smallest absolute Gasteiger partial charge is 0.310 e. The van der Waals surface area contributed by atoms with Crippen molar-refractivity contribution in [1.29, 1.82) is 0 Å². The summed E-state index contributed by atoms with van der Waals surface area (Å²) in [6.45, 7) is 3.16. The van der Waals surface area contributed by atoms with E-state index in [-0.39, 0.29) is 13.2 Å². The highest BCUT2D eigenvalue weighted by Crippen LogP contribution is 2.20. The van der Waals surface area contributed by atoms with Gasteiger partial charge in [0.15, 0.2) is 0 Å². The number of nitrogens with zero attached hydrogens (tertiary/aromatic N) is 1. The first-order valence-electron chi connectivity index (χ1n) is 6.48. The van der Waals surface area contributed by atoms with Crippen LogP contribution in [0.3, 0.4) is 0 Å². The van der Waals surface area contributed by atoms with Crippen LogP contribution in [0.15, 0.2) is 0 Å². The number of carboxylic acids is 1. The van der Waals surface area contributed by atoms with Crippen LogP contribution in [0.1, 0.15) is 19.8 Å². The molecule has 0 aromatic carbocycles. The second-order valence-electron chi connectivity index (χ2n) is 5.32. The summed E-state index contributed by atoms with van der Waals surface area (Å²) >= 11 is 0. The first-order valence-corrected chi connectivity index (χ1v) is 7.92. The van der Waals surface area contributed by atoms with Gasteiger partial charge in [-0.1, -0.05) is 6.92 Å². The van der Waals surface area contributed by atoms with E-state index >= 15 is 0 Å². The van der Waals surface area contributed by atoms with Gasteiger partial charge >= 0.3 is 5.97 Å². The summed E-state index contributed by atoms with van der Waals surface area (Å²) in [4.78, 5) is 11.0. The lowest BCUT2D eigenvalue weighted by Crippen LogP contribution is -2.51. The predicted molar refractivity (Wildman–Crippen MR) is 67.8 cm³/mol. The van der Waals surface area contributed by atoms with Crippen molar-refractivity contribution in [3.8, 4) is 0 Å². The molecule has 2 aliphatic rings. The normalized spacial score (nSPS) is 33.4. The van der Waals surface area contributed by atoms with E-state index in [1.165, 1.54) is 4.31 Å². The van der Waals surface area contributed by atoms with E-state index < -0.39 is 28.1 Å². The number of carbonyl (C=O) groups is 1. The molecular formula is C11H20N2O5S. The molecule has 2 saturated heterocycles. The molecule has 0 aromatic rings. The van der Waals surface area contributed by atoms with Gasteiger partial charge in [0.25, 0.3) is 10.2 Å². The van der Waals surface area contributed by atoms with Crippen molar-refractivity contribution < 1.29 is 23.1 Å². The second kappa shape index (κ2) is 5.74. The molecular weight excluding hydrogens is 272 g/mol. The third-order valence-electron chi connectivity index (χ3n) is 3.66. The van der Waals surface area contributed by atoms with Gasteiger partial charge in [0.1, 0.15) is 0 Å². The number of carboxylic acid groups (broad SMARTS) is 1. The Balaban J connectivity index is 2.02. The summed E-state index contributed by atoms with van der Waals surface area (Å²) in [6, 6.07) is -0.681. The number of hydrogen-bond acceptors (Lipinski definition) is 4. The van der Waals surface area contributed by atoms with Gasteiger partial charge in [0.2, 0.25) is 0 Å². The van der Waals surface area contributed by atoms with Crippen LogP contribution in [-0.2, 0) is 19.7 Å². The molecule has 19 heavy (non-hydrogen) atoms. The molecule has 0 spiro atoms. The van der Waals surface area contributed by atoms with Crippen LogP contribution in [0.25, 0.3) is 0 Å². The monoisotopic (exact) mass is 292 g/mol. The standard InChI is InChI=1S/C11H20N2O5S/c1-8-3-2-4-13(5-8)19(16,17)12-10-7-18-6-9(10)11(14)15/h8-10,12H,2-7H2,1H3,(H,14,15). The first kappa shape index (κ1) is 14.7. The maximum atomic E-state index is 12.2. The molecule has 0 aromatic heterocycles. The van der Waals surface area contributed by atoms with E-state index in [4.69, 9.17) is 9.84 Å². The predicted octanol–water partition coefficient (Wildman–Crippen LogP) is -0.348. The van der Waals surface area contributed by atoms with Crippen molar-refractivity contribution in [2.24, 2.45) is 11.8 Å². The Labute approximate surface area is 113 Å². The number of piperidine rings is 1. The van der Waals surface area contributed by atoms with Crippen LogP contribution in [0.2, 0.25) is 0 Å². The number of aliphatic carboxylic acids is 1. The van der Waals surface area contributed by atoms with Crippen molar-refractivity contribution in [2.75, 3.05) is 26.3 Å². The molecule has 2 rings (SSSR count). The Morgan fingerprint density at radius 1 is 1.42 bits per heavy atom. The Bertz CT molecular complexity index is 438. The molecule has 2 fully saturated rings. The second-order valence-corrected chi connectivity index (χ2v) is 7.02. The Morgan fingerprint density at radius 3 is 2.79 bits per heavy atom. The lowest BCUT2D eigenvalue weighted by Gasteiger charge is -2.31. The molecule has 3 unspecified atom stereocenters. The summed E-state index contributed by atoms with van der Waals surface area (Å²) in [5.74, 6) is -1.50. The highest BCUT2D eigenvalue weighted by atomic mass is 32.2. The minimum Gasteiger partial charge on any atom is -0.481 e. The summed E-state index contributed by atoms with van der Waals surface area (Å²) < 4.78 is 33.4. The molecule has 0 bridgehead atoms. The molecule has 2 aliphatic heterocycles. The van der Waals surface area contributed by atoms with Gasteiger partial charge in [0.05, 0.1) is 25.2 Å². The molecule has 2 heterocycles. The molecule has 110 valence electrons. The Hall–Kier alpha value is -0.700. The zero-order valence-corrected chi connectivity index (χ0v) is 11.7. The van der Waals surface area contributed by atoms with Crippen LogP contribution < -0.4 is 4.72 Å². The molecule has 0 saturated carbocycles. The summed E-state index contributed by atoms with van der Waals surface area (Å²) in [6.07, 6.45) is 1.86. The molecule has 3 atom stereocenters. The van der Waals surface area contributed by atoms with Crippen molar-refractivity contribution in [3.63, 3.8) is 0 Å². The number of ether oxygens (including phenoxy) is 1. The van der Waals surface area contributed by atoms with Crippen molar-refractivity contribution >= 4 is 16.2 Å². The minimum atomic E-state index is -3.63. The summed E-state index contributed by atoms with van der Waals surface area (Å²) in [7, 11) is -3.63. The van der Waals surface area contributed by atoms with E-state index in [1.54, 1.807) is 0 Å². The number of hydrogen-bond donors (Lipinski definition) is 2. The number of nitrogens with one attached hydrogen (secondary N) is 1. The van der Waals surface area contributed by atoms with Crippen LogP contribution in [0, 0.1) is 11.8 Å². The topological polar surface area (TPSA) is 95.9 Å². The van der Waals surface area contributed by atoms with Crippen LogP contribution in [0.5, 0.6) is 0 Å². The van der Waals surface area contributed by atoms with Crippen LogP contribution >= 0.6 is 0 Å². The maximum absolute atomic E-state index is 12.2. The van der Waals surface area contributed by atoms with Gasteiger partial charge < -0.3 is 9.84 Å². The maximum Gasteiger partial charge on any atom is 0.310 e. The van der Waals surface area contributed by atoms with Crippen molar-refractivity contribution in [2.45, 2.75) is 25.8 Å². The molecule has 0 aliphatic carbocycles. The fourth-order valence-electron chi connectivity index (χ4n) is 2.54. The zero-order valence-electron chi connectivity index (χ0n) is 10.9. The third-order valence-corrected chi connectivity index (χ3v) is 5.27. The average molecular weight is 292 g/mol. The molecule has 0 radical (unpaired) electrons. The summed E-state index contributed by atoms with van der Waals surface area (Å²) in [5, 5.41) is 9.00. The fraction of sp³-hybridized carbons (Fsp3) is 0.909. The quantitative estimate of drug-likeness (QED) is 0.738. The van der Waals surface area contributed by atoms with E-state index in [0.717, 1.165) is 12.8 Å². The highest BCUT2D eigenvalue weighted by Gasteiger charge is 2.38. The zero-order chi connectivity index (χ0) is 14.0. The van der Waals surface area contributed by atoms with Gasteiger partial charge in [0, 0.05) is 13.1 Å². The third kappa shape index (κ3) is 3.44. The Morgan fingerprint density at radius 2 is 2.16 bits per heavy atom. The van der Waals surface area contributed by atoms with Crippen LogP contribution in [-0.4, -0.2) is 56.1 Å². The molecule has 7 nitrogen and oxygen atoms in total. The van der Waals surface area contributed by atoms with Gasteiger partial charge in [-0.2, -0.15) is 17.4 Å². The van der Waals surface area contributed by atoms with Crippen molar-refractivity contribution in [1.82, 2.24) is 9.03 Å². The molecule has 2 N–H and O–H groups in total. The van der Waals surface area contributed by atoms with Gasteiger partial charge in [-0.3, -0.25) is 4.79 Å². The van der Waals surface area contributed by atoms with E-state index in [2.05, 4.69) is 4.72 Å². The van der Waals surface area contributed by atoms with Crippen molar-refractivity contribution in [3.05, 3.63) is 0 Å². The number of rotatable bonds is 4. The largest absolute Gasteiger partial charge is 0.481 e. The first-order chi connectivity index (χ1) is 8.90. The molecule has 0 amide bonds. The van der Waals surface area contributed by atoms with E-state index in [9.17, 15) is 13.2 Å². The SMILES string of the molecule is CC1CCCN(S(=O)(=O)NC2COCC2C(=O)O)C1. The van der Waals surface area contributed by atoms with E-state index in [0.29, 0.717) is 19.0 Å². The highest BCUT2D eigenvalue weighted by molar-refractivity contribution is 7.87. The van der Waals surface area contributed by atoms with E-state index in [1.807, 2.05) is 6.92 Å². The summed E-state index contributed by atoms with van der Waals surface area (Å²) in [5.41, 5.74) is 0. The van der Waals surface area contributed by atoms with Gasteiger partial charge in [-0.05, 0) is 18.8 Å².